The van der Waals surface area contributed by atoms with Crippen LogP contribution in [0.1, 0.15) is 79.2 Å². The third kappa shape index (κ3) is 4.83. The quantitative estimate of drug-likeness (QED) is 0.544. The highest BCUT2D eigenvalue weighted by Crippen LogP contribution is 2.45. The van der Waals surface area contributed by atoms with Gasteiger partial charge in [0.1, 0.15) is 0 Å². The lowest BCUT2D eigenvalue weighted by Crippen LogP contribution is -2.32. The number of rotatable bonds is 5. The van der Waals surface area contributed by atoms with Gasteiger partial charge < -0.3 is 19.5 Å². The predicted molar refractivity (Wildman–Crippen MR) is 135 cm³/mol. The summed E-state index contributed by atoms with van der Waals surface area (Å²) >= 11 is 0. The lowest BCUT2D eigenvalue weighted by Gasteiger charge is -2.33. The Morgan fingerprint density at radius 1 is 1.11 bits per heavy atom. The first-order chi connectivity index (χ1) is 16.5. The standard InChI is InChI=1S/C29H38FNO4/c1-8-33-28(32)27(35-29(5,6)7)25-17(3)19-11-12-31-15-22(19)18(4)24(25)21-14-23(30)26-20(16(21)2)10-9-13-34-26/h14,27,31H,8-13,15H2,1-7H3/t27-/m0/s1. The molecule has 0 bridgehead atoms. The largest absolute Gasteiger partial charge is 0.490 e. The van der Waals surface area contributed by atoms with E-state index in [0.29, 0.717) is 12.4 Å². The van der Waals surface area contributed by atoms with Gasteiger partial charge in [0.15, 0.2) is 17.7 Å². The van der Waals surface area contributed by atoms with E-state index >= 15 is 4.39 Å². The Hall–Kier alpha value is -2.44. The molecule has 5 nitrogen and oxygen atoms in total. The zero-order valence-electron chi connectivity index (χ0n) is 22.1. The maximum absolute atomic E-state index is 15.4. The molecule has 190 valence electrons. The van der Waals surface area contributed by atoms with E-state index in [9.17, 15) is 4.79 Å². The summed E-state index contributed by atoms with van der Waals surface area (Å²) in [6.45, 7) is 16.2. The summed E-state index contributed by atoms with van der Waals surface area (Å²) in [6.07, 6.45) is 1.57. The molecule has 4 rings (SSSR count). The van der Waals surface area contributed by atoms with Crippen LogP contribution in [0.4, 0.5) is 4.39 Å². The van der Waals surface area contributed by atoms with Crippen molar-refractivity contribution in [1.29, 1.82) is 0 Å². The number of carbonyl (C=O) groups is 1. The molecule has 2 aromatic carbocycles. The topological polar surface area (TPSA) is 56.8 Å². The Bertz CT molecular complexity index is 1150. The van der Waals surface area contributed by atoms with E-state index in [-0.39, 0.29) is 12.4 Å². The molecule has 0 saturated carbocycles. The van der Waals surface area contributed by atoms with E-state index in [0.717, 1.165) is 71.3 Å². The van der Waals surface area contributed by atoms with Gasteiger partial charge in [-0.3, -0.25) is 0 Å². The fourth-order valence-corrected chi connectivity index (χ4v) is 5.55. The first-order valence-electron chi connectivity index (χ1n) is 12.7. The van der Waals surface area contributed by atoms with Crippen molar-refractivity contribution in [2.24, 2.45) is 0 Å². The van der Waals surface area contributed by atoms with Crippen LogP contribution in [0.2, 0.25) is 0 Å². The molecule has 6 heteroatoms. The minimum absolute atomic E-state index is 0.259. The average molecular weight is 484 g/mol. The number of esters is 1. The van der Waals surface area contributed by atoms with Gasteiger partial charge in [0.2, 0.25) is 0 Å². The summed E-state index contributed by atoms with van der Waals surface area (Å²) in [5, 5.41) is 3.48. The second-order valence-electron chi connectivity index (χ2n) is 10.6. The maximum Gasteiger partial charge on any atom is 0.339 e. The number of ether oxygens (including phenoxy) is 3. The van der Waals surface area contributed by atoms with Crippen LogP contribution in [0.3, 0.4) is 0 Å². The molecule has 0 saturated heterocycles. The molecule has 1 N–H and O–H groups in total. The lowest BCUT2D eigenvalue weighted by atomic mass is 9.78. The molecule has 2 aliphatic rings. The predicted octanol–water partition coefficient (Wildman–Crippen LogP) is 5.81. The number of carbonyl (C=O) groups excluding carboxylic acids is 1. The molecule has 2 aromatic rings. The van der Waals surface area contributed by atoms with Crippen LogP contribution >= 0.6 is 0 Å². The number of hydrogen-bond acceptors (Lipinski definition) is 5. The smallest absolute Gasteiger partial charge is 0.339 e. The summed E-state index contributed by atoms with van der Waals surface area (Å²) in [5.74, 6) is -0.413. The van der Waals surface area contributed by atoms with Crippen LogP contribution < -0.4 is 10.1 Å². The molecule has 0 amide bonds. The molecule has 0 spiro atoms. The van der Waals surface area contributed by atoms with Crippen LogP contribution in [0.5, 0.6) is 5.75 Å². The molecule has 2 heterocycles. The van der Waals surface area contributed by atoms with Crippen LogP contribution in [-0.4, -0.2) is 31.3 Å². The fourth-order valence-electron chi connectivity index (χ4n) is 5.55. The van der Waals surface area contributed by atoms with Gasteiger partial charge in [-0.15, -0.1) is 0 Å². The van der Waals surface area contributed by atoms with Crippen LogP contribution in [0.15, 0.2) is 6.07 Å². The fraction of sp³-hybridized carbons (Fsp3) is 0.552. The lowest BCUT2D eigenvalue weighted by molar-refractivity contribution is -0.166. The summed E-state index contributed by atoms with van der Waals surface area (Å²) in [5.41, 5.74) is 8.32. The molecule has 1 atom stereocenters. The van der Waals surface area contributed by atoms with Crippen molar-refractivity contribution in [3.8, 4) is 16.9 Å². The van der Waals surface area contributed by atoms with Gasteiger partial charge in [0.25, 0.3) is 0 Å². The summed E-state index contributed by atoms with van der Waals surface area (Å²) < 4.78 is 33.0. The van der Waals surface area contributed by atoms with E-state index < -0.39 is 17.7 Å². The third-order valence-corrected chi connectivity index (χ3v) is 7.11. The minimum atomic E-state index is -0.918. The monoisotopic (exact) mass is 483 g/mol. The number of halogens is 1. The van der Waals surface area contributed by atoms with Gasteiger partial charge in [-0.1, -0.05) is 0 Å². The highest BCUT2D eigenvalue weighted by atomic mass is 19.1. The molecule has 2 aliphatic heterocycles. The molecule has 35 heavy (non-hydrogen) atoms. The number of hydrogen-bond donors (Lipinski definition) is 1. The number of nitrogens with one attached hydrogen (secondary N) is 1. The van der Waals surface area contributed by atoms with E-state index in [2.05, 4.69) is 19.2 Å². The normalized spacial score (nSPS) is 16.2. The molecule has 0 radical (unpaired) electrons. The Kier molecular flexibility index (Phi) is 7.26. The Balaban J connectivity index is 2.07. The van der Waals surface area contributed by atoms with Crippen molar-refractivity contribution in [3.63, 3.8) is 0 Å². The zero-order chi connectivity index (χ0) is 25.5. The van der Waals surface area contributed by atoms with E-state index in [1.807, 2.05) is 27.7 Å². The molecule has 0 fully saturated rings. The second-order valence-corrected chi connectivity index (χ2v) is 10.6. The number of fused-ring (bicyclic) bond motifs is 2. The second kappa shape index (κ2) is 9.90. The van der Waals surface area contributed by atoms with Crippen molar-refractivity contribution >= 4 is 5.97 Å². The van der Waals surface area contributed by atoms with Crippen LogP contribution in [-0.2, 0) is 33.7 Å². The van der Waals surface area contributed by atoms with Crippen molar-refractivity contribution in [2.45, 2.75) is 86.0 Å². The van der Waals surface area contributed by atoms with Gasteiger partial charge in [-0.2, -0.15) is 0 Å². The molecule has 0 aromatic heterocycles. The van der Waals surface area contributed by atoms with Crippen molar-refractivity contribution < 1.29 is 23.4 Å². The van der Waals surface area contributed by atoms with Gasteiger partial charge in [-0.05, 0) is 119 Å². The van der Waals surface area contributed by atoms with Crippen molar-refractivity contribution in [2.75, 3.05) is 19.8 Å². The molecular formula is C29H38FNO4. The van der Waals surface area contributed by atoms with E-state index in [1.54, 1.807) is 13.0 Å². The Labute approximate surface area is 208 Å². The van der Waals surface area contributed by atoms with Crippen LogP contribution in [0.25, 0.3) is 11.1 Å². The van der Waals surface area contributed by atoms with Crippen molar-refractivity contribution in [1.82, 2.24) is 5.32 Å². The third-order valence-electron chi connectivity index (χ3n) is 7.11. The Morgan fingerprint density at radius 2 is 1.86 bits per heavy atom. The van der Waals surface area contributed by atoms with Gasteiger partial charge >= 0.3 is 5.97 Å². The Morgan fingerprint density at radius 3 is 2.54 bits per heavy atom. The highest BCUT2D eigenvalue weighted by molar-refractivity contribution is 5.86. The van der Waals surface area contributed by atoms with E-state index in [1.165, 1.54) is 11.1 Å². The first kappa shape index (κ1) is 25.6. The van der Waals surface area contributed by atoms with Crippen molar-refractivity contribution in [3.05, 3.63) is 50.8 Å². The maximum atomic E-state index is 15.4. The summed E-state index contributed by atoms with van der Waals surface area (Å²) in [7, 11) is 0. The van der Waals surface area contributed by atoms with E-state index in [4.69, 9.17) is 14.2 Å². The van der Waals surface area contributed by atoms with Gasteiger partial charge in [-0.25, -0.2) is 9.18 Å². The molecular weight excluding hydrogens is 445 g/mol. The first-order valence-corrected chi connectivity index (χ1v) is 12.7. The summed E-state index contributed by atoms with van der Waals surface area (Å²) in [4.78, 5) is 13.4. The molecule has 0 aliphatic carbocycles. The summed E-state index contributed by atoms with van der Waals surface area (Å²) in [6, 6.07) is 1.58. The van der Waals surface area contributed by atoms with Gasteiger partial charge in [0, 0.05) is 17.7 Å². The SMILES string of the molecule is CCOC(=O)[C@@H](OC(C)(C)C)c1c(C)c2c(c(C)c1-c1cc(F)c3c(c1C)CCCO3)CNCC2. The highest BCUT2D eigenvalue weighted by Gasteiger charge is 2.36. The van der Waals surface area contributed by atoms with Crippen LogP contribution in [0, 0.1) is 26.6 Å². The van der Waals surface area contributed by atoms with Gasteiger partial charge in [0.05, 0.1) is 18.8 Å². The minimum Gasteiger partial charge on any atom is -0.490 e. The average Bonchev–Trinajstić information content (AvgIpc) is 2.82. The zero-order valence-corrected chi connectivity index (χ0v) is 22.1. The molecule has 0 unspecified atom stereocenters. The number of benzene rings is 2.